The molecule has 0 saturated carbocycles. The third-order valence-corrected chi connectivity index (χ3v) is 1.17. The molecule has 0 spiro atoms. The first-order valence-corrected chi connectivity index (χ1v) is 3.85. The molecule has 1 atom stereocenters. The number of aliphatic hydroxyl groups excluding tert-OH is 1. The Labute approximate surface area is 71.3 Å². The molecule has 0 aliphatic carbocycles. The van der Waals surface area contributed by atoms with Gasteiger partial charge < -0.3 is 20.3 Å². The maximum atomic E-state index is 10.0. The molecule has 0 rings (SSSR count). The van der Waals surface area contributed by atoms with Gasteiger partial charge >= 0.3 is 5.97 Å². The van der Waals surface area contributed by atoms with Gasteiger partial charge in [0.15, 0.2) is 0 Å². The molecular formula is C7H15NO4. The zero-order valence-corrected chi connectivity index (χ0v) is 7.12. The summed E-state index contributed by atoms with van der Waals surface area (Å²) in [4.78, 5) is 10.0. The van der Waals surface area contributed by atoms with Gasteiger partial charge in [0.1, 0.15) is 0 Å². The maximum Gasteiger partial charge on any atom is 0.317 e. The Balaban J connectivity index is 3.19. The van der Waals surface area contributed by atoms with Crippen molar-refractivity contribution >= 4 is 5.97 Å². The first-order valence-electron chi connectivity index (χ1n) is 3.85. The van der Waals surface area contributed by atoms with Crippen LogP contribution in [0.5, 0.6) is 0 Å². The third-order valence-electron chi connectivity index (χ3n) is 1.17. The summed E-state index contributed by atoms with van der Waals surface area (Å²) in [6.07, 6.45) is -0.635. The first-order chi connectivity index (χ1) is 5.66. The minimum Gasteiger partial charge on any atom is -0.480 e. The highest BCUT2D eigenvalue weighted by Gasteiger charge is 2.03. The van der Waals surface area contributed by atoms with Crippen LogP contribution in [0.2, 0.25) is 0 Å². The van der Waals surface area contributed by atoms with Gasteiger partial charge in [-0.1, -0.05) is 0 Å². The second-order valence-corrected chi connectivity index (χ2v) is 2.34. The van der Waals surface area contributed by atoms with Crippen molar-refractivity contribution in [1.29, 1.82) is 0 Å². The van der Waals surface area contributed by atoms with Crippen molar-refractivity contribution in [1.82, 2.24) is 5.32 Å². The van der Waals surface area contributed by atoms with Crippen molar-refractivity contribution in [3.05, 3.63) is 0 Å². The molecule has 0 saturated heterocycles. The fraction of sp³-hybridized carbons (Fsp3) is 0.857. The van der Waals surface area contributed by atoms with E-state index in [4.69, 9.17) is 14.9 Å². The van der Waals surface area contributed by atoms with E-state index in [2.05, 4.69) is 5.32 Å². The summed E-state index contributed by atoms with van der Waals surface area (Å²) in [6, 6.07) is 0. The van der Waals surface area contributed by atoms with E-state index in [-0.39, 0.29) is 19.7 Å². The lowest BCUT2D eigenvalue weighted by molar-refractivity contribution is -0.136. The molecule has 0 aromatic rings. The summed E-state index contributed by atoms with van der Waals surface area (Å²) in [5.41, 5.74) is 0. The highest BCUT2D eigenvalue weighted by Crippen LogP contribution is 1.82. The molecule has 0 bridgehead atoms. The smallest absolute Gasteiger partial charge is 0.317 e. The van der Waals surface area contributed by atoms with Gasteiger partial charge in [-0.2, -0.15) is 0 Å². The summed E-state index contributed by atoms with van der Waals surface area (Å²) in [6.45, 7) is 2.73. The van der Waals surface area contributed by atoms with Crippen LogP contribution in [-0.2, 0) is 9.53 Å². The first kappa shape index (κ1) is 11.4. The van der Waals surface area contributed by atoms with Crippen LogP contribution in [0.15, 0.2) is 0 Å². The van der Waals surface area contributed by atoms with Gasteiger partial charge in [0.2, 0.25) is 0 Å². The van der Waals surface area contributed by atoms with Crippen LogP contribution < -0.4 is 5.32 Å². The van der Waals surface area contributed by atoms with E-state index in [0.29, 0.717) is 6.61 Å². The van der Waals surface area contributed by atoms with Crippen LogP contribution in [0.3, 0.4) is 0 Å². The van der Waals surface area contributed by atoms with Crippen molar-refractivity contribution < 1.29 is 19.7 Å². The summed E-state index contributed by atoms with van der Waals surface area (Å²) in [7, 11) is 0. The van der Waals surface area contributed by atoms with Gasteiger partial charge in [0.25, 0.3) is 0 Å². The predicted molar refractivity (Wildman–Crippen MR) is 43.0 cm³/mol. The average molecular weight is 177 g/mol. The van der Waals surface area contributed by atoms with Crippen LogP contribution in [0, 0.1) is 0 Å². The highest BCUT2D eigenvalue weighted by atomic mass is 16.5. The van der Waals surface area contributed by atoms with E-state index in [1.54, 1.807) is 0 Å². The van der Waals surface area contributed by atoms with E-state index < -0.39 is 12.1 Å². The van der Waals surface area contributed by atoms with Crippen molar-refractivity contribution in [2.45, 2.75) is 13.0 Å². The molecule has 3 N–H and O–H groups in total. The van der Waals surface area contributed by atoms with Crippen LogP contribution >= 0.6 is 0 Å². The van der Waals surface area contributed by atoms with Crippen molar-refractivity contribution in [2.75, 3.05) is 26.3 Å². The lowest BCUT2D eigenvalue weighted by Gasteiger charge is -2.09. The van der Waals surface area contributed by atoms with Crippen LogP contribution in [0.4, 0.5) is 0 Å². The minimum absolute atomic E-state index is 0.136. The quantitative estimate of drug-likeness (QED) is 0.467. The third kappa shape index (κ3) is 7.46. The number of aliphatic carboxylic acids is 1. The fourth-order valence-corrected chi connectivity index (χ4v) is 0.659. The molecular weight excluding hydrogens is 162 g/mol. The van der Waals surface area contributed by atoms with Crippen molar-refractivity contribution in [3.63, 3.8) is 0 Å². The molecule has 0 radical (unpaired) electrons. The van der Waals surface area contributed by atoms with Gasteiger partial charge in [-0.05, 0) is 6.92 Å². The molecule has 0 amide bonds. The Morgan fingerprint density at radius 1 is 1.67 bits per heavy atom. The van der Waals surface area contributed by atoms with E-state index in [1.165, 1.54) is 0 Å². The molecule has 5 nitrogen and oxygen atoms in total. The van der Waals surface area contributed by atoms with Crippen LogP contribution in [0.25, 0.3) is 0 Å². The molecule has 0 aliphatic heterocycles. The summed E-state index contributed by atoms with van der Waals surface area (Å²) in [5, 5.41) is 19.9. The lowest BCUT2D eigenvalue weighted by atomic mass is 10.4. The van der Waals surface area contributed by atoms with E-state index in [0.717, 1.165) is 0 Å². The summed E-state index contributed by atoms with van der Waals surface area (Å²) in [5.74, 6) is -0.932. The largest absolute Gasteiger partial charge is 0.480 e. The van der Waals surface area contributed by atoms with Crippen LogP contribution in [-0.4, -0.2) is 48.6 Å². The molecule has 0 aromatic heterocycles. The molecule has 72 valence electrons. The van der Waals surface area contributed by atoms with E-state index in [1.807, 2.05) is 6.92 Å². The lowest BCUT2D eigenvalue weighted by Crippen LogP contribution is -2.33. The summed E-state index contributed by atoms with van der Waals surface area (Å²) >= 11 is 0. The Kier molecular flexibility index (Phi) is 6.64. The van der Waals surface area contributed by atoms with Gasteiger partial charge in [-0.15, -0.1) is 0 Å². The van der Waals surface area contributed by atoms with Gasteiger partial charge in [0, 0.05) is 13.2 Å². The SMILES string of the molecule is CCOCC(O)CNCC(=O)O. The Hall–Kier alpha value is -0.650. The Morgan fingerprint density at radius 3 is 2.83 bits per heavy atom. The topological polar surface area (TPSA) is 78.8 Å². The zero-order valence-electron chi connectivity index (χ0n) is 7.12. The van der Waals surface area contributed by atoms with Gasteiger partial charge in [-0.3, -0.25) is 4.79 Å². The number of aliphatic hydroxyl groups is 1. The average Bonchev–Trinajstić information content (AvgIpc) is 2.00. The molecule has 0 fully saturated rings. The van der Waals surface area contributed by atoms with Crippen molar-refractivity contribution in [3.8, 4) is 0 Å². The summed E-state index contributed by atoms with van der Waals surface area (Å²) < 4.78 is 4.92. The molecule has 1 unspecified atom stereocenters. The standard InChI is InChI=1S/C7H15NO4/c1-2-12-5-6(9)3-8-4-7(10)11/h6,8-9H,2-5H2,1H3,(H,10,11). The second kappa shape index (κ2) is 7.02. The van der Waals surface area contributed by atoms with E-state index in [9.17, 15) is 4.79 Å². The molecule has 12 heavy (non-hydrogen) atoms. The molecule has 0 aliphatic rings. The monoisotopic (exact) mass is 177 g/mol. The maximum absolute atomic E-state index is 10.0. The second-order valence-electron chi connectivity index (χ2n) is 2.34. The van der Waals surface area contributed by atoms with Crippen molar-refractivity contribution in [2.24, 2.45) is 0 Å². The van der Waals surface area contributed by atoms with Crippen LogP contribution in [0.1, 0.15) is 6.92 Å². The number of nitrogens with one attached hydrogen (secondary N) is 1. The number of rotatable bonds is 7. The Bertz CT molecular complexity index is 129. The minimum atomic E-state index is -0.932. The number of hydrogen-bond acceptors (Lipinski definition) is 4. The zero-order chi connectivity index (χ0) is 9.40. The van der Waals surface area contributed by atoms with Gasteiger partial charge in [0.05, 0.1) is 19.3 Å². The number of carboxylic acid groups (broad SMARTS) is 1. The van der Waals surface area contributed by atoms with E-state index >= 15 is 0 Å². The molecule has 5 heteroatoms. The number of ether oxygens (including phenoxy) is 1. The van der Waals surface area contributed by atoms with Gasteiger partial charge in [-0.25, -0.2) is 0 Å². The molecule has 0 aromatic carbocycles. The fourth-order valence-electron chi connectivity index (χ4n) is 0.659. The highest BCUT2D eigenvalue weighted by molar-refractivity contribution is 5.68. The Morgan fingerprint density at radius 2 is 2.33 bits per heavy atom. The number of carbonyl (C=O) groups is 1. The normalized spacial score (nSPS) is 12.8. The number of hydrogen-bond donors (Lipinski definition) is 3. The predicted octanol–water partition coefficient (Wildman–Crippen LogP) is -0.942. The number of carboxylic acids is 1. The molecule has 0 heterocycles.